The van der Waals surface area contributed by atoms with Crippen LogP contribution < -0.4 is 9.47 Å². The number of carbonyl (C=O) groups is 1. The van der Waals surface area contributed by atoms with Gasteiger partial charge in [-0.15, -0.1) is 0 Å². The van der Waals surface area contributed by atoms with Crippen LogP contribution >= 0.6 is 0 Å². The second-order valence-corrected chi connectivity index (χ2v) is 6.87. The summed E-state index contributed by atoms with van der Waals surface area (Å²) in [4.78, 5) is 18.9. The largest absolute Gasteiger partial charge is 0.496 e. The standard InChI is InChI=1S/C22H23N3O4/c1-3-28-18-10-6-4-8-15(18)13-25-14-16(12-20(25)26)21-23-22(29-24-21)17-9-5-7-11-19(17)27-2/h4-11,16H,3,12-14H2,1-2H3. The van der Waals surface area contributed by atoms with Crippen molar-refractivity contribution in [3.05, 3.63) is 59.9 Å². The van der Waals surface area contributed by atoms with Crippen LogP contribution in [0.2, 0.25) is 0 Å². The van der Waals surface area contributed by atoms with Crippen LogP contribution in [0, 0.1) is 0 Å². The molecule has 0 radical (unpaired) electrons. The molecule has 1 saturated heterocycles. The van der Waals surface area contributed by atoms with Gasteiger partial charge in [-0.1, -0.05) is 35.5 Å². The van der Waals surface area contributed by atoms with E-state index < -0.39 is 0 Å². The van der Waals surface area contributed by atoms with Crippen LogP contribution in [0.4, 0.5) is 0 Å². The number of aromatic nitrogens is 2. The normalized spacial score (nSPS) is 16.3. The molecule has 7 nitrogen and oxygen atoms in total. The highest BCUT2D eigenvalue weighted by Crippen LogP contribution is 2.33. The van der Waals surface area contributed by atoms with E-state index in [-0.39, 0.29) is 11.8 Å². The minimum absolute atomic E-state index is 0.0740. The molecule has 0 bridgehead atoms. The lowest BCUT2D eigenvalue weighted by Crippen LogP contribution is -2.24. The Balaban J connectivity index is 1.50. The second kappa shape index (κ2) is 8.34. The second-order valence-electron chi connectivity index (χ2n) is 6.87. The topological polar surface area (TPSA) is 77.7 Å². The third-order valence-electron chi connectivity index (χ3n) is 4.99. The fourth-order valence-electron chi connectivity index (χ4n) is 3.57. The predicted molar refractivity (Wildman–Crippen MR) is 107 cm³/mol. The summed E-state index contributed by atoms with van der Waals surface area (Å²) >= 11 is 0. The number of rotatable bonds is 7. The summed E-state index contributed by atoms with van der Waals surface area (Å²) in [7, 11) is 1.60. The minimum atomic E-state index is -0.103. The van der Waals surface area contributed by atoms with Gasteiger partial charge in [-0.25, -0.2) is 0 Å². The van der Waals surface area contributed by atoms with E-state index in [0.717, 1.165) is 16.9 Å². The summed E-state index contributed by atoms with van der Waals surface area (Å²) < 4.78 is 16.5. The monoisotopic (exact) mass is 393 g/mol. The van der Waals surface area contributed by atoms with Gasteiger partial charge in [0.25, 0.3) is 5.89 Å². The molecule has 29 heavy (non-hydrogen) atoms. The maximum Gasteiger partial charge on any atom is 0.261 e. The van der Waals surface area contributed by atoms with Gasteiger partial charge in [0.2, 0.25) is 5.91 Å². The maximum absolute atomic E-state index is 12.6. The van der Waals surface area contributed by atoms with Crippen molar-refractivity contribution in [3.63, 3.8) is 0 Å². The maximum atomic E-state index is 12.6. The molecule has 2 aromatic carbocycles. The van der Waals surface area contributed by atoms with E-state index >= 15 is 0 Å². The number of likely N-dealkylation sites (tertiary alicyclic amines) is 1. The molecule has 1 unspecified atom stereocenters. The molecule has 1 aliphatic heterocycles. The predicted octanol–water partition coefficient (Wildman–Crippen LogP) is 3.66. The molecule has 0 N–H and O–H groups in total. The third kappa shape index (κ3) is 3.94. The molecule has 150 valence electrons. The Labute approximate surface area is 169 Å². The molecule has 0 saturated carbocycles. The summed E-state index contributed by atoms with van der Waals surface area (Å²) in [5.41, 5.74) is 1.73. The van der Waals surface area contributed by atoms with Crippen molar-refractivity contribution in [1.82, 2.24) is 15.0 Å². The van der Waals surface area contributed by atoms with Gasteiger partial charge in [0.1, 0.15) is 11.5 Å². The van der Waals surface area contributed by atoms with E-state index in [9.17, 15) is 4.79 Å². The lowest BCUT2D eigenvalue weighted by atomic mass is 10.1. The average Bonchev–Trinajstić information content (AvgIpc) is 3.37. The molecule has 7 heteroatoms. The molecular formula is C22H23N3O4. The van der Waals surface area contributed by atoms with Crippen molar-refractivity contribution in [2.45, 2.75) is 25.8 Å². The van der Waals surface area contributed by atoms with Crippen molar-refractivity contribution >= 4 is 5.91 Å². The number of hydrogen-bond acceptors (Lipinski definition) is 6. The van der Waals surface area contributed by atoms with Gasteiger partial charge in [0.15, 0.2) is 5.82 Å². The average molecular weight is 393 g/mol. The Morgan fingerprint density at radius 3 is 2.69 bits per heavy atom. The van der Waals surface area contributed by atoms with Crippen LogP contribution in [0.25, 0.3) is 11.5 Å². The van der Waals surface area contributed by atoms with Crippen LogP contribution in [-0.2, 0) is 11.3 Å². The highest BCUT2D eigenvalue weighted by molar-refractivity contribution is 5.79. The molecule has 2 heterocycles. The smallest absolute Gasteiger partial charge is 0.261 e. The lowest BCUT2D eigenvalue weighted by molar-refractivity contribution is -0.128. The summed E-state index contributed by atoms with van der Waals surface area (Å²) in [6.45, 7) is 3.58. The Bertz CT molecular complexity index is 1000. The zero-order valence-electron chi connectivity index (χ0n) is 16.5. The van der Waals surface area contributed by atoms with Gasteiger partial charge in [0.05, 0.1) is 19.3 Å². The van der Waals surface area contributed by atoms with E-state index in [1.54, 1.807) is 7.11 Å². The SMILES string of the molecule is CCOc1ccccc1CN1CC(c2noc(-c3ccccc3OC)n2)CC1=O. The van der Waals surface area contributed by atoms with Gasteiger partial charge < -0.3 is 18.9 Å². The highest BCUT2D eigenvalue weighted by Gasteiger charge is 2.34. The molecular weight excluding hydrogens is 370 g/mol. The molecule has 1 aromatic heterocycles. The first kappa shape index (κ1) is 19.0. The zero-order valence-corrected chi connectivity index (χ0v) is 16.5. The van der Waals surface area contributed by atoms with Crippen LogP contribution in [-0.4, -0.2) is 41.2 Å². The molecule has 1 atom stereocenters. The van der Waals surface area contributed by atoms with Gasteiger partial charge in [-0.05, 0) is 25.1 Å². The summed E-state index contributed by atoms with van der Waals surface area (Å²) in [5, 5.41) is 4.13. The van der Waals surface area contributed by atoms with Crippen molar-refractivity contribution in [1.29, 1.82) is 0 Å². The summed E-state index contributed by atoms with van der Waals surface area (Å²) in [6, 6.07) is 15.3. The van der Waals surface area contributed by atoms with Crippen LogP contribution in [0.5, 0.6) is 11.5 Å². The van der Waals surface area contributed by atoms with Gasteiger partial charge in [-0.3, -0.25) is 4.79 Å². The Morgan fingerprint density at radius 1 is 1.14 bits per heavy atom. The summed E-state index contributed by atoms with van der Waals surface area (Å²) in [5.74, 6) is 2.38. The number of amides is 1. The molecule has 1 amide bonds. The summed E-state index contributed by atoms with van der Waals surface area (Å²) in [6.07, 6.45) is 0.363. The first-order valence-electron chi connectivity index (χ1n) is 9.65. The first-order valence-corrected chi connectivity index (χ1v) is 9.65. The van der Waals surface area contributed by atoms with Gasteiger partial charge >= 0.3 is 0 Å². The Hall–Kier alpha value is -3.35. The minimum Gasteiger partial charge on any atom is -0.496 e. The number of para-hydroxylation sites is 2. The van der Waals surface area contributed by atoms with Crippen molar-refractivity contribution in [2.24, 2.45) is 0 Å². The molecule has 0 spiro atoms. The fraction of sp³-hybridized carbons (Fsp3) is 0.318. The van der Waals surface area contributed by atoms with Crippen molar-refractivity contribution in [3.8, 4) is 23.0 Å². The van der Waals surface area contributed by atoms with Gasteiger partial charge in [-0.2, -0.15) is 4.98 Å². The number of benzene rings is 2. The first-order chi connectivity index (χ1) is 14.2. The van der Waals surface area contributed by atoms with E-state index in [1.807, 2.05) is 60.4 Å². The zero-order chi connectivity index (χ0) is 20.2. The van der Waals surface area contributed by atoms with Crippen LogP contribution in [0.1, 0.15) is 30.7 Å². The van der Waals surface area contributed by atoms with E-state index in [2.05, 4.69) is 10.1 Å². The number of hydrogen-bond donors (Lipinski definition) is 0. The van der Waals surface area contributed by atoms with Crippen molar-refractivity contribution < 1.29 is 18.8 Å². The number of ether oxygens (including phenoxy) is 2. The highest BCUT2D eigenvalue weighted by atomic mass is 16.5. The Morgan fingerprint density at radius 2 is 1.90 bits per heavy atom. The molecule has 3 aromatic rings. The number of nitrogens with zero attached hydrogens (tertiary/aromatic N) is 3. The molecule has 1 aliphatic rings. The number of methoxy groups -OCH3 is 1. The molecule has 1 fully saturated rings. The van der Waals surface area contributed by atoms with Gasteiger partial charge in [0, 0.05) is 31.0 Å². The third-order valence-corrected chi connectivity index (χ3v) is 4.99. The van der Waals surface area contributed by atoms with E-state index in [1.165, 1.54) is 0 Å². The molecule has 4 rings (SSSR count). The fourth-order valence-corrected chi connectivity index (χ4v) is 3.57. The molecule has 0 aliphatic carbocycles. The van der Waals surface area contributed by atoms with Crippen molar-refractivity contribution in [2.75, 3.05) is 20.3 Å². The van der Waals surface area contributed by atoms with Crippen LogP contribution in [0.3, 0.4) is 0 Å². The Kier molecular flexibility index (Phi) is 5.46. The lowest BCUT2D eigenvalue weighted by Gasteiger charge is -2.18. The number of carbonyl (C=O) groups excluding carboxylic acids is 1. The van der Waals surface area contributed by atoms with Crippen LogP contribution in [0.15, 0.2) is 53.1 Å². The quantitative estimate of drug-likeness (QED) is 0.610. The van der Waals surface area contributed by atoms with E-state index in [0.29, 0.717) is 43.6 Å². The van der Waals surface area contributed by atoms with E-state index in [4.69, 9.17) is 14.0 Å².